The molecule has 2 rings (SSSR count). The number of fused-ring (bicyclic) bond motifs is 1. The van der Waals surface area contributed by atoms with Crippen LogP contribution in [0.4, 0.5) is 0 Å². The zero-order chi connectivity index (χ0) is 13.1. The van der Waals surface area contributed by atoms with Gasteiger partial charge in [0.1, 0.15) is 6.10 Å². The van der Waals surface area contributed by atoms with Crippen LogP contribution in [0.15, 0.2) is 29.5 Å². The fourth-order valence-corrected chi connectivity index (χ4v) is 1.79. The lowest BCUT2D eigenvalue weighted by atomic mass is 10.0. The van der Waals surface area contributed by atoms with Gasteiger partial charge in [-0.15, -0.1) is 0 Å². The van der Waals surface area contributed by atoms with Gasteiger partial charge in [0.25, 0.3) is 0 Å². The summed E-state index contributed by atoms with van der Waals surface area (Å²) >= 11 is 0. The highest BCUT2D eigenvalue weighted by atomic mass is 16.3. The van der Waals surface area contributed by atoms with Crippen LogP contribution in [0.3, 0.4) is 0 Å². The second-order valence-corrected chi connectivity index (χ2v) is 4.01. The van der Waals surface area contributed by atoms with Crippen LogP contribution >= 0.6 is 0 Å². The largest absolute Gasteiger partial charge is 0.390 e. The molecule has 0 bridgehead atoms. The Bertz CT molecular complexity index is 602. The van der Waals surface area contributed by atoms with Crippen LogP contribution in [0, 0.1) is 0 Å². The first-order valence-electron chi connectivity index (χ1n) is 5.42. The molecular weight excluding hydrogens is 234 g/mol. The molecule has 7 heteroatoms. The van der Waals surface area contributed by atoms with E-state index in [2.05, 4.69) is 15.1 Å². The first-order chi connectivity index (χ1) is 8.63. The summed E-state index contributed by atoms with van der Waals surface area (Å²) in [7, 11) is 1.80. The van der Waals surface area contributed by atoms with Gasteiger partial charge in [0.05, 0.1) is 24.4 Å². The van der Waals surface area contributed by atoms with Crippen molar-refractivity contribution in [3.05, 3.63) is 40.4 Å². The van der Waals surface area contributed by atoms with Gasteiger partial charge >= 0.3 is 0 Å². The summed E-state index contributed by atoms with van der Waals surface area (Å²) in [5.41, 5.74) is 9.60. The Hall–Kier alpha value is -2.08. The van der Waals surface area contributed by atoms with Gasteiger partial charge in [0.15, 0.2) is 0 Å². The standard InChI is InChI=1S/C11H13N5O2/c1-16-9-4-7(2-3-8(9)5-14-16)11(18)10(17)6-13-15-12/h2-5,10-11,17-18H,6H2,1H3. The molecule has 0 fully saturated rings. The van der Waals surface area contributed by atoms with Crippen LogP contribution < -0.4 is 0 Å². The molecule has 0 aliphatic heterocycles. The second kappa shape index (κ2) is 5.05. The van der Waals surface area contributed by atoms with Crippen molar-refractivity contribution < 1.29 is 10.2 Å². The number of hydrogen-bond donors (Lipinski definition) is 2. The molecule has 18 heavy (non-hydrogen) atoms. The molecule has 0 spiro atoms. The normalized spacial score (nSPS) is 14.2. The monoisotopic (exact) mass is 247 g/mol. The van der Waals surface area contributed by atoms with E-state index in [1.54, 1.807) is 30.1 Å². The lowest BCUT2D eigenvalue weighted by molar-refractivity contribution is 0.0245. The minimum atomic E-state index is -1.12. The maximum Gasteiger partial charge on any atom is 0.105 e. The molecule has 2 N–H and O–H groups in total. The topological polar surface area (TPSA) is 107 Å². The molecular formula is C11H13N5O2. The van der Waals surface area contributed by atoms with Crippen molar-refractivity contribution in [2.45, 2.75) is 12.2 Å². The molecule has 7 nitrogen and oxygen atoms in total. The van der Waals surface area contributed by atoms with E-state index in [-0.39, 0.29) is 6.54 Å². The van der Waals surface area contributed by atoms with E-state index < -0.39 is 12.2 Å². The predicted octanol–water partition coefficient (Wildman–Crippen LogP) is 1.28. The highest BCUT2D eigenvalue weighted by Gasteiger charge is 2.18. The maximum atomic E-state index is 9.94. The molecule has 2 aromatic rings. The Labute approximate surface area is 103 Å². The average Bonchev–Trinajstić information content (AvgIpc) is 2.76. The number of aliphatic hydroxyl groups is 2. The van der Waals surface area contributed by atoms with Crippen molar-refractivity contribution in [2.75, 3.05) is 6.54 Å². The van der Waals surface area contributed by atoms with Crippen molar-refractivity contribution in [2.24, 2.45) is 12.2 Å². The smallest absolute Gasteiger partial charge is 0.105 e. The van der Waals surface area contributed by atoms with Crippen molar-refractivity contribution in [3.63, 3.8) is 0 Å². The third kappa shape index (κ3) is 2.28. The number of aliphatic hydroxyl groups excluding tert-OH is 2. The summed E-state index contributed by atoms with van der Waals surface area (Å²) in [6, 6.07) is 5.29. The zero-order valence-corrected chi connectivity index (χ0v) is 9.80. The molecule has 1 heterocycles. The summed E-state index contributed by atoms with van der Waals surface area (Å²) in [6.45, 7) is -0.166. The fraction of sp³-hybridized carbons (Fsp3) is 0.364. The Kier molecular flexibility index (Phi) is 3.47. The quantitative estimate of drug-likeness (QED) is 0.482. The van der Waals surface area contributed by atoms with Crippen molar-refractivity contribution in [3.8, 4) is 0 Å². The Morgan fingerprint density at radius 3 is 3.00 bits per heavy atom. The molecule has 94 valence electrons. The fourth-order valence-electron chi connectivity index (χ4n) is 1.79. The van der Waals surface area contributed by atoms with Gasteiger partial charge in [-0.3, -0.25) is 4.68 Å². The maximum absolute atomic E-state index is 9.94. The SMILES string of the molecule is Cn1ncc2ccc(C(O)C(O)CN=[N+]=[N-])cc21. The number of nitrogens with zero attached hydrogens (tertiary/aromatic N) is 5. The van der Waals surface area contributed by atoms with Crippen LogP contribution in [-0.4, -0.2) is 32.6 Å². The van der Waals surface area contributed by atoms with E-state index in [9.17, 15) is 10.2 Å². The predicted molar refractivity (Wildman–Crippen MR) is 65.7 cm³/mol. The van der Waals surface area contributed by atoms with E-state index in [4.69, 9.17) is 5.53 Å². The van der Waals surface area contributed by atoms with E-state index in [0.29, 0.717) is 5.56 Å². The number of rotatable bonds is 4. The van der Waals surface area contributed by atoms with Crippen LogP contribution in [0.5, 0.6) is 0 Å². The van der Waals surface area contributed by atoms with Crippen LogP contribution in [0.2, 0.25) is 0 Å². The molecule has 2 atom stereocenters. The number of hydrogen-bond acceptors (Lipinski definition) is 4. The van der Waals surface area contributed by atoms with E-state index >= 15 is 0 Å². The molecule has 0 aliphatic carbocycles. The molecule has 1 aromatic carbocycles. The van der Waals surface area contributed by atoms with Crippen LogP contribution in [-0.2, 0) is 7.05 Å². The summed E-state index contributed by atoms with van der Waals surface area (Å²) in [6.07, 6.45) is -0.483. The summed E-state index contributed by atoms with van der Waals surface area (Å²) in [5, 5.41) is 27.9. The molecule has 1 aromatic heterocycles. The van der Waals surface area contributed by atoms with Gasteiger partial charge in [-0.05, 0) is 17.2 Å². The molecule has 0 saturated carbocycles. The number of aromatic nitrogens is 2. The summed E-state index contributed by atoms with van der Waals surface area (Å²) in [5.74, 6) is 0. The second-order valence-electron chi connectivity index (χ2n) is 4.01. The van der Waals surface area contributed by atoms with Gasteiger partial charge in [0.2, 0.25) is 0 Å². The van der Waals surface area contributed by atoms with Gasteiger partial charge in [0, 0.05) is 17.3 Å². The molecule has 0 saturated heterocycles. The summed E-state index contributed by atoms with van der Waals surface area (Å²) in [4.78, 5) is 2.55. The highest BCUT2D eigenvalue weighted by molar-refractivity contribution is 5.79. The minimum Gasteiger partial charge on any atom is -0.390 e. The first-order valence-corrected chi connectivity index (χ1v) is 5.42. The molecule has 2 unspecified atom stereocenters. The van der Waals surface area contributed by atoms with Gasteiger partial charge in [-0.2, -0.15) is 5.10 Å². The lowest BCUT2D eigenvalue weighted by Crippen LogP contribution is -2.21. The Balaban J connectivity index is 2.29. The lowest BCUT2D eigenvalue weighted by Gasteiger charge is -2.16. The average molecular weight is 247 g/mol. The third-order valence-corrected chi connectivity index (χ3v) is 2.81. The van der Waals surface area contributed by atoms with E-state index in [0.717, 1.165) is 10.9 Å². The van der Waals surface area contributed by atoms with Crippen LogP contribution in [0.25, 0.3) is 21.3 Å². The zero-order valence-electron chi connectivity index (χ0n) is 9.80. The van der Waals surface area contributed by atoms with Crippen molar-refractivity contribution in [1.82, 2.24) is 9.78 Å². The summed E-state index contributed by atoms with van der Waals surface area (Å²) < 4.78 is 1.69. The van der Waals surface area contributed by atoms with Crippen LogP contribution in [0.1, 0.15) is 11.7 Å². The van der Waals surface area contributed by atoms with Crippen molar-refractivity contribution >= 4 is 10.9 Å². The Morgan fingerprint density at radius 1 is 1.50 bits per heavy atom. The minimum absolute atomic E-state index is 0.166. The Morgan fingerprint density at radius 2 is 2.28 bits per heavy atom. The third-order valence-electron chi connectivity index (χ3n) is 2.81. The number of azide groups is 1. The number of benzene rings is 1. The van der Waals surface area contributed by atoms with E-state index in [1.165, 1.54) is 0 Å². The molecule has 0 radical (unpaired) electrons. The highest BCUT2D eigenvalue weighted by Crippen LogP contribution is 2.22. The van der Waals surface area contributed by atoms with Crippen molar-refractivity contribution in [1.29, 1.82) is 0 Å². The van der Waals surface area contributed by atoms with Gasteiger partial charge in [-0.25, -0.2) is 0 Å². The molecule has 0 amide bonds. The van der Waals surface area contributed by atoms with E-state index in [1.807, 2.05) is 6.07 Å². The van der Waals surface area contributed by atoms with Gasteiger partial charge < -0.3 is 10.2 Å². The number of aryl methyl sites for hydroxylation is 1. The first kappa shape index (κ1) is 12.4. The van der Waals surface area contributed by atoms with Gasteiger partial charge in [-0.1, -0.05) is 17.2 Å². The molecule has 0 aliphatic rings.